The number of carbonyl (C=O) groups excluding carboxylic acids is 2. The Labute approximate surface area is 253 Å². The molecule has 0 bridgehead atoms. The second-order valence-electron chi connectivity index (χ2n) is 11.2. The quantitative estimate of drug-likeness (QED) is 0.300. The maximum absolute atomic E-state index is 14.1. The van der Waals surface area contributed by atoms with Crippen LogP contribution in [0.2, 0.25) is 5.02 Å². The normalized spacial score (nSPS) is 16.3. The third-order valence-corrected chi connectivity index (χ3v) is 8.59. The van der Waals surface area contributed by atoms with Crippen LogP contribution in [0.3, 0.4) is 0 Å². The lowest BCUT2D eigenvalue weighted by atomic mass is 9.92. The molecule has 0 atom stereocenters. The molecule has 0 unspecified atom stereocenters. The van der Waals surface area contributed by atoms with E-state index in [1.165, 1.54) is 16.5 Å². The number of nitrogens with zero attached hydrogens (tertiary/aromatic N) is 5. The molecule has 0 spiro atoms. The highest BCUT2D eigenvalue weighted by molar-refractivity contribution is 6.31. The maximum atomic E-state index is 14.1. The Morgan fingerprint density at radius 3 is 2.70 bits per heavy atom. The molecule has 2 aromatic carbocycles. The van der Waals surface area contributed by atoms with Gasteiger partial charge in [0.15, 0.2) is 0 Å². The van der Waals surface area contributed by atoms with E-state index in [9.17, 15) is 14.0 Å². The molecule has 3 amide bonds. The third-order valence-electron chi connectivity index (χ3n) is 8.24. The van der Waals surface area contributed by atoms with Crippen molar-refractivity contribution in [3.63, 3.8) is 0 Å². The zero-order valence-electron chi connectivity index (χ0n) is 24.0. The topological polar surface area (TPSA) is 119 Å². The van der Waals surface area contributed by atoms with E-state index in [-0.39, 0.29) is 30.0 Å². The lowest BCUT2D eigenvalue weighted by Gasteiger charge is -2.32. The van der Waals surface area contributed by atoms with Crippen LogP contribution in [0.1, 0.15) is 42.7 Å². The first-order valence-corrected chi connectivity index (χ1v) is 14.2. The lowest BCUT2D eigenvalue weighted by molar-refractivity contribution is -0.120. The molecule has 1 saturated heterocycles. The number of hydrogen-bond donors (Lipinski definition) is 2. The Morgan fingerprint density at radius 2 is 1.95 bits per heavy atom. The summed E-state index contributed by atoms with van der Waals surface area (Å²) in [7, 11) is 1.86. The van der Waals surface area contributed by atoms with Crippen molar-refractivity contribution in [2.75, 3.05) is 17.2 Å². The number of anilines is 2. The molecule has 2 aliphatic rings. The van der Waals surface area contributed by atoms with E-state index in [1.807, 2.05) is 17.7 Å². The number of rotatable bonds is 7. The molecule has 1 fully saturated rings. The molecule has 3 N–H and O–H groups in total. The van der Waals surface area contributed by atoms with Gasteiger partial charge in [-0.1, -0.05) is 29.8 Å². The molecular formula is C31H31ClFN7O3. The molecule has 0 saturated carbocycles. The molecule has 12 heteroatoms. The van der Waals surface area contributed by atoms with Crippen LogP contribution in [-0.2, 0) is 37.1 Å². The number of aromatic nitrogens is 3. The number of halogens is 2. The maximum Gasteiger partial charge on any atom is 0.329 e. The Kier molecular flexibility index (Phi) is 7.31. The van der Waals surface area contributed by atoms with E-state index in [1.54, 1.807) is 30.6 Å². The van der Waals surface area contributed by atoms with Crippen LogP contribution in [-0.4, -0.2) is 37.9 Å². The van der Waals surface area contributed by atoms with Crippen molar-refractivity contribution in [3.8, 4) is 17.1 Å². The predicted molar refractivity (Wildman–Crippen MR) is 161 cm³/mol. The van der Waals surface area contributed by atoms with Gasteiger partial charge in [0.1, 0.15) is 29.8 Å². The van der Waals surface area contributed by atoms with Crippen molar-refractivity contribution in [2.45, 2.75) is 45.5 Å². The summed E-state index contributed by atoms with van der Waals surface area (Å²) in [5.41, 5.74) is 10.8. The zero-order valence-corrected chi connectivity index (χ0v) is 24.8. The first kappa shape index (κ1) is 28.6. The first-order valence-electron chi connectivity index (χ1n) is 13.8. The van der Waals surface area contributed by atoms with Gasteiger partial charge >= 0.3 is 6.03 Å². The van der Waals surface area contributed by atoms with Crippen LogP contribution >= 0.6 is 11.6 Å². The average Bonchev–Trinajstić information content (AvgIpc) is 3.45. The van der Waals surface area contributed by atoms with Crippen molar-refractivity contribution >= 4 is 35.0 Å². The number of nitrogens with two attached hydrogens (primary N) is 1. The Bertz CT molecular complexity index is 1740. The van der Waals surface area contributed by atoms with Gasteiger partial charge in [-0.3, -0.25) is 24.9 Å². The van der Waals surface area contributed by atoms with Crippen molar-refractivity contribution < 1.29 is 18.7 Å². The number of nitrogen functional groups attached to an aromatic ring is 1. The number of urea groups is 1. The van der Waals surface area contributed by atoms with Crippen LogP contribution < -0.4 is 20.7 Å². The van der Waals surface area contributed by atoms with Gasteiger partial charge in [-0.15, -0.1) is 0 Å². The van der Waals surface area contributed by atoms with E-state index >= 15 is 0 Å². The smallest absolute Gasteiger partial charge is 0.329 e. The molecule has 4 heterocycles. The summed E-state index contributed by atoms with van der Waals surface area (Å²) in [6, 6.07) is 12.0. The minimum absolute atomic E-state index is 0.0365. The second-order valence-corrected chi connectivity index (χ2v) is 11.6. The summed E-state index contributed by atoms with van der Waals surface area (Å²) in [4.78, 5) is 37.0. The highest BCUT2D eigenvalue weighted by Gasteiger charge is 2.38. The van der Waals surface area contributed by atoms with E-state index in [2.05, 4.69) is 46.2 Å². The number of benzene rings is 2. The van der Waals surface area contributed by atoms with Gasteiger partial charge in [0.05, 0.1) is 28.8 Å². The number of fused-ring (bicyclic) bond motifs is 1. The lowest BCUT2D eigenvalue weighted by Crippen LogP contribution is -2.50. The largest absolute Gasteiger partial charge is 0.487 e. The SMILES string of the molecule is Cn1c(N2CCC(=O)NC2=O)cnc1-c1ccc2c(c1)C(C)(C)N(Cc1ncc(OCc3c(F)cccc3Cl)cc1N)C2. The summed E-state index contributed by atoms with van der Waals surface area (Å²) in [5, 5.41) is 2.66. The molecule has 0 radical (unpaired) electrons. The monoisotopic (exact) mass is 603 g/mol. The third kappa shape index (κ3) is 5.30. The summed E-state index contributed by atoms with van der Waals surface area (Å²) < 4.78 is 21.7. The standard InChI is InChI=1S/C31H31ClFN7O3/c1-31(2)22-11-18(29-36-14-28(38(29)3)40-10-9-27(41)37-30(40)42)7-8-19(22)15-39(31)16-26-25(34)12-20(13-35-26)43-17-21-23(32)5-4-6-24(21)33/h4-8,11-14H,9-10,15-17,34H2,1-3H3,(H,37,41,42). The van der Waals surface area contributed by atoms with Gasteiger partial charge in [-0.2, -0.15) is 0 Å². The average molecular weight is 604 g/mol. The number of amides is 3. The molecule has 10 nitrogen and oxygen atoms in total. The summed E-state index contributed by atoms with van der Waals surface area (Å²) in [6.45, 7) is 5.81. The van der Waals surface area contributed by atoms with Crippen molar-refractivity contribution in [2.24, 2.45) is 7.05 Å². The molecular weight excluding hydrogens is 573 g/mol. The van der Waals surface area contributed by atoms with Crippen molar-refractivity contribution in [1.29, 1.82) is 0 Å². The van der Waals surface area contributed by atoms with Crippen LogP contribution in [0.5, 0.6) is 5.75 Å². The Balaban J connectivity index is 1.18. The molecule has 2 aromatic heterocycles. The number of imide groups is 1. The van der Waals surface area contributed by atoms with E-state index in [0.717, 1.165) is 17.0 Å². The van der Waals surface area contributed by atoms with Gasteiger partial charge in [-0.25, -0.2) is 14.2 Å². The molecule has 0 aliphatic carbocycles. The molecule has 43 heavy (non-hydrogen) atoms. The number of ether oxygens (including phenoxy) is 1. The molecule has 4 aromatic rings. The van der Waals surface area contributed by atoms with Gasteiger partial charge in [-0.05, 0) is 43.2 Å². The highest BCUT2D eigenvalue weighted by Crippen LogP contribution is 2.42. The Morgan fingerprint density at radius 1 is 1.14 bits per heavy atom. The van der Waals surface area contributed by atoms with Crippen LogP contribution in [0, 0.1) is 5.82 Å². The summed E-state index contributed by atoms with van der Waals surface area (Å²) in [6.07, 6.45) is 3.49. The summed E-state index contributed by atoms with van der Waals surface area (Å²) >= 11 is 6.11. The van der Waals surface area contributed by atoms with Crippen molar-refractivity contribution in [1.82, 2.24) is 24.8 Å². The van der Waals surface area contributed by atoms with Gasteiger partial charge in [0.2, 0.25) is 5.91 Å². The zero-order chi connectivity index (χ0) is 30.5. The van der Waals surface area contributed by atoms with Crippen LogP contribution in [0.25, 0.3) is 11.4 Å². The number of carbonyl (C=O) groups is 2. The minimum atomic E-state index is -0.446. The van der Waals surface area contributed by atoms with Gasteiger partial charge < -0.3 is 15.0 Å². The van der Waals surface area contributed by atoms with E-state index < -0.39 is 11.8 Å². The fourth-order valence-corrected chi connectivity index (χ4v) is 5.88. The van der Waals surface area contributed by atoms with E-state index in [0.29, 0.717) is 47.6 Å². The highest BCUT2D eigenvalue weighted by atomic mass is 35.5. The Hall–Kier alpha value is -4.48. The first-order chi connectivity index (χ1) is 20.5. The van der Waals surface area contributed by atoms with Crippen molar-refractivity contribution in [3.05, 3.63) is 88.1 Å². The fraction of sp³-hybridized carbons (Fsp3) is 0.290. The molecule has 222 valence electrons. The molecule has 6 rings (SSSR count). The minimum Gasteiger partial charge on any atom is -0.487 e. The summed E-state index contributed by atoms with van der Waals surface area (Å²) in [5.74, 6) is 1.06. The van der Waals surface area contributed by atoms with E-state index in [4.69, 9.17) is 22.1 Å². The van der Waals surface area contributed by atoms with Crippen LogP contribution in [0.4, 0.5) is 20.7 Å². The van der Waals surface area contributed by atoms with Crippen LogP contribution in [0.15, 0.2) is 54.9 Å². The fourth-order valence-electron chi connectivity index (χ4n) is 5.66. The number of imidazole rings is 1. The number of hydrogen-bond acceptors (Lipinski definition) is 7. The number of pyridine rings is 1. The number of nitrogens with one attached hydrogen (secondary N) is 1. The second kappa shape index (κ2) is 11.0. The predicted octanol–water partition coefficient (Wildman–Crippen LogP) is 5.13. The van der Waals surface area contributed by atoms with Gasteiger partial charge in [0, 0.05) is 55.8 Å². The molecule has 2 aliphatic heterocycles. The van der Waals surface area contributed by atoms with Gasteiger partial charge in [0.25, 0.3) is 0 Å².